The number of halogens is 1. The Morgan fingerprint density at radius 3 is 2.44 bits per heavy atom. The maximum absolute atomic E-state index is 13.1. The van der Waals surface area contributed by atoms with Crippen molar-refractivity contribution in [2.24, 2.45) is 5.41 Å². The second-order valence-corrected chi connectivity index (χ2v) is 8.93. The number of hydrogen-bond acceptors (Lipinski definition) is 5. The first-order chi connectivity index (χ1) is 16.4. The van der Waals surface area contributed by atoms with Crippen molar-refractivity contribution in [2.45, 2.75) is 31.4 Å². The van der Waals surface area contributed by atoms with Gasteiger partial charge in [0, 0.05) is 37.5 Å². The molecule has 2 aromatic carbocycles. The minimum Gasteiger partial charge on any atom is -0.490 e. The molecule has 9 heteroatoms. The van der Waals surface area contributed by atoms with Gasteiger partial charge in [0.2, 0.25) is 0 Å². The zero-order chi connectivity index (χ0) is 23.9. The topological polar surface area (TPSA) is 105 Å². The number of likely N-dealkylation sites (tertiary alicyclic amines) is 1. The van der Waals surface area contributed by atoms with Crippen molar-refractivity contribution in [3.8, 4) is 16.9 Å². The lowest BCUT2D eigenvalue weighted by Gasteiger charge is -2.63. The van der Waals surface area contributed by atoms with E-state index in [1.807, 2.05) is 24.3 Å². The number of aromatic nitrogens is 1. The number of nitrogens with one attached hydrogen (secondary N) is 1. The van der Waals surface area contributed by atoms with Crippen LogP contribution in [0.5, 0.6) is 5.75 Å². The van der Waals surface area contributed by atoms with Gasteiger partial charge in [-0.1, -0.05) is 29.4 Å². The molecule has 1 saturated carbocycles. The van der Waals surface area contributed by atoms with Crippen LogP contribution in [0.3, 0.4) is 0 Å². The van der Waals surface area contributed by atoms with Crippen molar-refractivity contribution in [1.29, 1.82) is 0 Å². The average molecular weight is 465 g/mol. The smallest absolute Gasteiger partial charge is 0.407 e. The highest BCUT2D eigenvalue weighted by Crippen LogP contribution is 2.55. The number of nitrogens with zero attached hydrogens (tertiary/aromatic N) is 2. The molecule has 0 bridgehead atoms. The van der Waals surface area contributed by atoms with Gasteiger partial charge < -0.3 is 24.6 Å². The molecule has 1 aliphatic heterocycles. The molecule has 176 valence electrons. The number of carboxylic acid groups (broad SMARTS) is 1. The molecule has 34 heavy (non-hydrogen) atoms. The summed E-state index contributed by atoms with van der Waals surface area (Å²) >= 11 is 0. The van der Waals surface area contributed by atoms with E-state index in [1.54, 1.807) is 18.2 Å². The van der Waals surface area contributed by atoms with Gasteiger partial charge in [0.05, 0.1) is 0 Å². The lowest BCUT2D eigenvalue weighted by molar-refractivity contribution is -0.154. The van der Waals surface area contributed by atoms with Gasteiger partial charge in [0.15, 0.2) is 5.69 Å². The molecule has 1 spiro atoms. The monoisotopic (exact) mass is 465 g/mol. The molecule has 1 saturated heterocycles. The van der Waals surface area contributed by atoms with Gasteiger partial charge in [0.25, 0.3) is 5.91 Å². The van der Waals surface area contributed by atoms with Gasteiger partial charge in [-0.2, -0.15) is 0 Å². The number of carbonyl (C=O) groups excluding carboxylic acids is 1. The van der Waals surface area contributed by atoms with Crippen molar-refractivity contribution in [3.63, 3.8) is 0 Å². The van der Waals surface area contributed by atoms with E-state index >= 15 is 0 Å². The van der Waals surface area contributed by atoms with Crippen molar-refractivity contribution in [2.75, 3.05) is 13.6 Å². The van der Waals surface area contributed by atoms with Crippen LogP contribution in [-0.2, 0) is 6.42 Å². The van der Waals surface area contributed by atoms with Crippen LogP contribution in [0.4, 0.5) is 9.18 Å². The molecule has 5 rings (SSSR count). The third-order valence-corrected chi connectivity index (χ3v) is 6.83. The van der Waals surface area contributed by atoms with E-state index in [0.717, 1.165) is 29.7 Å². The summed E-state index contributed by atoms with van der Waals surface area (Å²) in [5.41, 5.74) is 1.90. The minimum atomic E-state index is -0.970. The summed E-state index contributed by atoms with van der Waals surface area (Å²) in [6.07, 6.45) is 0.846. The van der Waals surface area contributed by atoms with Gasteiger partial charge in [0.1, 0.15) is 23.4 Å². The Bertz CT molecular complexity index is 1200. The van der Waals surface area contributed by atoms with Crippen molar-refractivity contribution >= 4 is 12.0 Å². The van der Waals surface area contributed by atoms with Gasteiger partial charge >= 0.3 is 6.09 Å². The summed E-state index contributed by atoms with van der Waals surface area (Å²) in [6, 6.07) is 15.3. The fourth-order valence-corrected chi connectivity index (χ4v) is 5.03. The Hall–Kier alpha value is -3.88. The fraction of sp³-hybridized carbons (Fsp3) is 0.320. The summed E-state index contributed by atoms with van der Waals surface area (Å²) in [5.74, 6) is 0.598. The van der Waals surface area contributed by atoms with E-state index in [2.05, 4.69) is 10.5 Å². The molecule has 2 heterocycles. The van der Waals surface area contributed by atoms with E-state index in [4.69, 9.17) is 9.26 Å². The van der Waals surface area contributed by atoms with Crippen molar-refractivity contribution in [3.05, 3.63) is 71.9 Å². The average Bonchev–Trinajstić information content (AvgIpc) is 3.27. The molecule has 2 fully saturated rings. The van der Waals surface area contributed by atoms with E-state index in [9.17, 15) is 19.1 Å². The van der Waals surface area contributed by atoms with Crippen LogP contribution in [0.1, 0.15) is 29.1 Å². The van der Waals surface area contributed by atoms with E-state index < -0.39 is 6.09 Å². The zero-order valence-electron chi connectivity index (χ0n) is 18.5. The standard InChI is InChI=1S/C25H24FN3O5/c1-27-23(30)21-10-19(34-28-21)11-22-25(14-29(22)24(31)32)12-20(13-25)33-18-8-4-16(5-9-18)15-2-6-17(26)7-3-15/h2-10,20,22H,11-14H2,1H3,(H,27,30)(H,31,32). The summed E-state index contributed by atoms with van der Waals surface area (Å²) in [4.78, 5) is 24.8. The number of rotatable bonds is 6. The molecule has 1 aliphatic carbocycles. The van der Waals surface area contributed by atoms with Gasteiger partial charge in [-0.05, 0) is 48.2 Å². The molecule has 2 aliphatic rings. The maximum Gasteiger partial charge on any atom is 0.407 e. The lowest BCUT2D eigenvalue weighted by Crippen LogP contribution is -2.72. The number of amides is 2. The van der Waals surface area contributed by atoms with Crippen molar-refractivity contribution < 1.29 is 28.3 Å². The first-order valence-corrected chi connectivity index (χ1v) is 11.1. The molecule has 2 amide bonds. The van der Waals surface area contributed by atoms with E-state index in [-0.39, 0.29) is 35.0 Å². The Labute approximate surface area is 195 Å². The van der Waals surface area contributed by atoms with Crippen LogP contribution in [0, 0.1) is 11.2 Å². The maximum atomic E-state index is 13.1. The van der Waals surface area contributed by atoms with Gasteiger partial charge in [-0.15, -0.1) is 0 Å². The Kier molecular flexibility index (Phi) is 5.47. The van der Waals surface area contributed by atoms with Crippen LogP contribution >= 0.6 is 0 Å². The minimum absolute atomic E-state index is 0.00808. The van der Waals surface area contributed by atoms with E-state index in [1.165, 1.54) is 24.1 Å². The quantitative estimate of drug-likeness (QED) is 0.571. The Morgan fingerprint density at radius 1 is 1.18 bits per heavy atom. The third kappa shape index (κ3) is 3.98. The largest absolute Gasteiger partial charge is 0.490 e. The van der Waals surface area contributed by atoms with Gasteiger partial charge in [-0.25, -0.2) is 9.18 Å². The molecule has 0 radical (unpaired) electrons. The Balaban J connectivity index is 1.21. The van der Waals surface area contributed by atoms with Crippen LogP contribution in [0.2, 0.25) is 0 Å². The van der Waals surface area contributed by atoms with Crippen LogP contribution in [-0.4, -0.2) is 52.9 Å². The summed E-state index contributed by atoms with van der Waals surface area (Å²) in [6.45, 7) is 0.451. The molecule has 1 unspecified atom stereocenters. The summed E-state index contributed by atoms with van der Waals surface area (Å²) in [5, 5.41) is 15.8. The number of hydrogen-bond donors (Lipinski definition) is 2. The first-order valence-electron chi connectivity index (χ1n) is 11.1. The zero-order valence-corrected chi connectivity index (χ0v) is 18.5. The van der Waals surface area contributed by atoms with Crippen LogP contribution < -0.4 is 10.1 Å². The predicted molar refractivity (Wildman–Crippen MR) is 120 cm³/mol. The van der Waals surface area contributed by atoms with Gasteiger partial charge in [-0.3, -0.25) is 4.79 Å². The highest BCUT2D eigenvalue weighted by atomic mass is 19.1. The number of ether oxygens (including phenoxy) is 1. The second kappa shape index (κ2) is 8.48. The van der Waals surface area contributed by atoms with Crippen molar-refractivity contribution in [1.82, 2.24) is 15.4 Å². The lowest BCUT2D eigenvalue weighted by atomic mass is 9.56. The number of carbonyl (C=O) groups is 2. The molecule has 1 aromatic heterocycles. The van der Waals surface area contributed by atoms with Crippen LogP contribution in [0.15, 0.2) is 59.1 Å². The predicted octanol–water partition coefficient (Wildman–Crippen LogP) is 3.97. The molecular formula is C25H24FN3O5. The molecule has 8 nitrogen and oxygen atoms in total. The molecule has 3 aromatic rings. The third-order valence-electron chi connectivity index (χ3n) is 6.83. The SMILES string of the molecule is CNC(=O)c1cc(CC2N(C(=O)O)CC23CC(Oc2ccc(-c4ccc(F)cc4)cc2)C3)on1. The fourth-order valence-electron chi connectivity index (χ4n) is 5.03. The Morgan fingerprint density at radius 2 is 1.82 bits per heavy atom. The molecule has 2 N–H and O–H groups in total. The number of benzene rings is 2. The summed E-state index contributed by atoms with van der Waals surface area (Å²) < 4.78 is 24.5. The van der Waals surface area contributed by atoms with Crippen LogP contribution in [0.25, 0.3) is 11.1 Å². The highest BCUT2D eigenvalue weighted by Gasteiger charge is 2.62. The highest BCUT2D eigenvalue weighted by molar-refractivity contribution is 5.91. The first kappa shape index (κ1) is 21.9. The normalized spacial score (nSPS) is 23.2. The molecule has 1 atom stereocenters. The second-order valence-electron chi connectivity index (χ2n) is 8.93. The molecular weight excluding hydrogens is 441 g/mol. The summed E-state index contributed by atoms with van der Waals surface area (Å²) in [7, 11) is 1.51. The van der Waals surface area contributed by atoms with E-state index in [0.29, 0.717) is 18.7 Å².